The van der Waals surface area contributed by atoms with Crippen LogP contribution in [0.3, 0.4) is 0 Å². The van der Waals surface area contributed by atoms with Crippen LogP contribution in [0.4, 0.5) is 5.69 Å². The van der Waals surface area contributed by atoms with Crippen molar-refractivity contribution in [3.05, 3.63) is 22.6 Å². The van der Waals surface area contributed by atoms with Crippen LogP contribution in [-0.2, 0) is 11.3 Å². The van der Waals surface area contributed by atoms with Gasteiger partial charge in [0.1, 0.15) is 0 Å². The van der Waals surface area contributed by atoms with Gasteiger partial charge in [-0.15, -0.1) is 0 Å². The minimum Gasteiger partial charge on any atom is -0.381 e. The molecule has 1 saturated heterocycles. The lowest BCUT2D eigenvalue weighted by molar-refractivity contribution is 0.0358. The molecule has 1 aliphatic carbocycles. The Bertz CT molecular complexity index is 492. The molecule has 3 rings (SSSR count). The van der Waals surface area contributed by atoms with Gasteiger partial charge in [0.2, 0.25) is 0 Å². The van der Waals surface area contributed by atoms with Crippen molar-refractivity contribution >= 4 is 5.69 Å². The van der Waals surface area contributed by atoms with Crippen molar-refractivity contribution in [2.24, 2.45) is 0 Å². The van der Waals surface area contributed by atoms with Gasteiger partial charge in [0.15, 0.2) is 0 Å². The van der Waals surface area contributed by atoms with E-state index in [1.54, 1.807) is 16.9 Å². The summed E-state index contributed by atoms with van der Waals surface area (Å²) in [7, 11) is 0. The van der Waals surface area contributed by atoms with Crippen molar-refractivity contribution < 1.29 is 4.74 Å². The van der Waals surface area contributed by atoms with Crippen molar-refractivity contribution in [2.45, 2.75) is 31.8 Å². The molecular weight excluding hydrogens is 256 g/mol. The Morgan fingerprint density at radius 3 is 2.75 bits per heavy atom. The number of anilines is 1. The van der Waals surface area contributed by atoms with Crippen LogP contribution in [0, 0.1) is 0 Å². The van der Waals surface area contributed by atoms with Gasteiger partial charge in [-0.05, 0) is 19.3 Å². The smallest absolute Gasteiger partial charge is 0.268 e. The normalized spacial score (nSPS) is 20.6. The van der Waals surface area contributed by atoms with Gasteiger partial charge in [-0.2, -0.15) is 5.10 Å². The second kappa shape index (κ2) is 6.37. The summed E-state index contributed by atoms with van der Waals surface area (Å²) in [4.78, 5) is 14.3. The van der Waals surface area contributed by atoms with Crippen LogP contribution in [-0.4, -0.2) is 53.6 Å². The maximum absolute atomic E-state index is 12.0. The predicted octanol–water partition coefficient (Wildman–Crippen LogP) is 0.540. The molecule has 1 N–H and O–H groups in total. The second-order valence-electron chi connectivity index (χ2n) is 5.53. The first-order valence-corrected chi connectivity index (χ1v) is 7.45. The van der Waals surface area contributed by atoms with E-state index in [9.17, 15) is 4.79 Å². The Morgan fingerprint density at radius 1 is 1.30 bits per heavy atom. The summed E-state index contributed by atoms with van der Waals surface area (Å²) in [5.74, 6) is 0. The Kier molecular flexibility index (Phi) is 4.32. The van der Waals surface area contributed by atoms with Gasteiger partial charge in [0, 0.05) is 31.7 Å². The molecule has 1 aromatic rings. The van der Waals surface area contributed by atoms with E-state index >= 15 is 0 Å². The zero-order valence-corrected chi connectivity index (χ0v) is 11.8. The Morgan fingerprint density at radius 2 is 2.10 bits per heavy atom. The number of nitrogens with zero attached hydrogens (tertiary/aromatic N) is 3. The largest absolute Gasteiger partial charge is 0.381 e. The summed E-state index contributed by atoms with van der Waals surface area (Å²) in [6.07, 6.45) is 5.43. The lowest BCUT2D eigenvalue weighted by atomic mass is 9.93. The van der Waals surface area contributed by atoms with Crippen molar-refractivity contribution in [3.63, 3.8) is 0 Å². The molecule has 6 heteroatoms. The third-order valence-corrected chi connectivity index (χ3v) is 4.08. The fraction of sp³-hybridized carbons (Fsp3) is 0.714. The fourth-order valence-corrected chi connectivity index (χ4v) is 2.53. The molecular formula is C14H22N4O2. The van der Waals surface area contributed by atoms with Crippen LogP contribution < -0.4 is 10.9 Å². The van der Waals surface area contributed by atoms with Gasteiger partial charge in [-0.25, -0.2) is 4.68 Å². The molecule has 0 unspecified atom stereocenters. The van der Waals surface area contributed by atoms with Gasteiger partial charge in [-0.3, -0.25) is 9.69 Å². The summed E-state index contributed by atoms with van der Waals surface area (Å²) in [6, 6.07) is 2.19. The SMILES string of the molecule is O=c1cc(NC2CCC2)cnn1CCN1CCOCC1. The molecule has 0 bridgehead atoms. The first kappa shape index (κ1) is 13.6. The molecule has 0 radical (unpaired) electrons. The Labute approximate surface area is 118 Å². The number of aromatic nitrogens is 2. The molecule has 20 heavy (non-hydrogen) atoms. The number of rotatable bonds is 5. The molecule has 0 spiro atoms. The molecule has 2 aliphatic rings. The van der Waals surface area contributed by atoms with Gasteiger partial charge in [0.05, 0.1) is 31.6 Å². The first-order valence-electron chi connectivity index (χ1n) is 7.45. The Balaban J connectivity index is 1.54. The van der Waals surface area contributed by atoms with E-state index in [0.717, 1.165) is 38.5 Å². The standard InChI is InChI=1S/C14H22N4O2/c19-14-10-13(16-12-2-1-3-12)11-15-18(14)5-4-17-6-8-20-9-7-17/h10-12,16H,1-9H2. The molecule has 0 atom stereocenters. The summed E-state index contributed by atoms with van der Waals surface area (Å²) in [5.41, 5.74) is 0.824. The Hall–Kier alpha value is -1.40. The van der Waals surface area contributed by atoms with Crippen LogP contribution in [0.1, 0.15) is 19.3 Å². The van der Waals surface area contributed by atoms with Gasteiger partial charge >= 0.3 is 0 Å². The molecule has 1 saturated carbocycles. The minimum absolute atomic E-state index is 0.0254. The summed E-state index contributed by atoms with van der Waals surface area (Å²) in [5, 5.41) is 7.61. The van der Waals surface area contributed by atoms with Crippen molar-refractivity contribution in [3.8, 4) is 0 Å². The minimum atomic E-state index is -0.0254. The first-order chi connectivity index (χ1) is 9.81. The van der Waals surface area contributed by atoms with E-state index in [0.29, 0.717) is 12.6 Å². The molecule has 1 aliphatic heterocycles. The van der Waals surface area contributed by atoms with Crippen LogP contribution in [0.5, 0.6) is 0 Å². The average molecular weight is 278 g/mol. The highest BCUT2D eigenvalue weighted by molar-refractivity contribution is 5.40. The van der Waals surface area contributed by atoms with Crippen molar-refractivity contribution in [1.82, 2.24) is 14.7 Å². The van der Waals surface area contributed by atoms with Crippen LogP contribution in [0.2, 0.25) is 0 Å². The topological polar surface area (TPSA) is 59.4 Å². The van der Waals surface area contributed by atoms with E-state index in [-0.39, 0.29) is 5.56 Å². The van der Waals surface area contributed by atoms with E-state index in [1.165, 1.54) is 19.3 Å². The van der Waals surface area contributed by atoms with Crippen LogP contribution in [0.25, 0.3) is 0 Å². The zero-order valence-electron chi connectivity index (χ0n) is 11.8. The quantitative estimate of drug-likeness (QED) is 0.852. The highest BCUT2D eigenvalue weighted by atomic mass is 16.5. The van der Waals surface area contributed by atoms with Crippen molar-refractivity contribution in [2.75, 3.05) is 38.2 Å². The number of morpholine rings is 1. The molecule has 1 aromatic heterocycles. The number of ether oxygens (including phenoxy) is 1. The molecule has 2 heterocycles. The number of hydrogen-bond donors (Lipinski definition) is 1. The molecule has 0 amide bonds. The predicted molar refractivity (Wildman–Crippen MR) is 77.0 cm³/mol. The highest BCUT2D eigenvalue weighted by Gasteiger charge is 2.17. The zero-order chi connectivity index (χ0) is 13.8. The number of nitrogens with one attached hydrogen (secondary N) is 1. The van der Waals surface area contributed by atoms with Crippen molar-refractivity contribution in [1.29, 1.82) is 0 Å². The van der Waals surface area contributed by atoms with E-state index < -0.39 is 0 Å². The number of hydrogen-bond acceptors (Lipinski definition) is 5. The van der Waals surface area contributed by atoms with Crippen LogP contribution in [0.15, 0.2) is 17.1 Å². The van der Waals surface area contributed by atoms with Gasteiger partial charge in [-0.1, -0.05) is 0 Å². The average Bonchev–Trinajstić information content (AvgIpc) is 2.43. The molecule has 110 valence electrons. The summed E-state index contributed by atoms with van der Waals surface area (Å²) in [6.45, 7) is 4.94. The van der Waals surface area contributed by atoms with Gasteiger partial charge < -0.3 is 10.1 Å². The molecule has 6 nitrogen and oxygen atoms in total. The fourth-order valence-electron chi connectivity index (χ4n) is 2.53. The third-order valence-electron chi connectivity index (χ3n) is 4.08. The second-order valence-corrected chi connectivity index (χ2v) is 5.53. The molecule has 2 fully saturated rings. The highest BCUT2D eigenvalue weighted by Crippen LogP contribution is 2.21. The van der Waals surface area contributed by atoms with E-state index in [4.69, 9.17) is 4.74 Å². The summed E-state index contributed by atoms with van der Waals surface area (Å²) < 4.78 is 6.85. The lowest BCUT2D eigenvalue weighted by Crippen LogP contribution is -2.39. The van der Waals surface area contributed by atoms with Gasteiger partial charge in [0.25, 0.3) is 5.56 Å². The van der Waals surface area contributed by atoms with E-state index in [2.05, 4.69) is 15.3 Å². The maximum atomic E-state index is 12.0. The third kappa shape index (κ3) is 3.37. The maximum Gasteiger partial charge on any atom is 0.268 e. The monoisotopic (exact) mass is 278 g/mol. The molecule has 0 aromatic carbocycles. The summed E-state index contributed by atoms with van der Waals surface area (Å²) >= 11 is 0. The van der Waals surface area contributed by atoms with E-state index in [1.807, 2.05) is 0 Å². The lowest BCUT2D eigenvalue weighted by Gasteiger charge is -2.27. The van der Waals surface area contributed by atoms with Crippen LogP contribution >= 0.6 is 0 Å².